The molecular formula is C21H32N3O13P. The number of hydrogen-bond donors (Lipinski definition) is 6. The maximum atomic E-state index is 10.8. The molecule has 0 unspecified atom stereocenters. The minimum absolute atomic E-state index is 0.144. The number of nitrogens with two attached hydrogens (primary N) is 2. The SMILES string of the molecule is O=C(O)[C@@H]1CCC[NH2+]1.O=C(O)[C@@H]1CCC[NH2+]1.O=C([O-])c1ccc[n+]([C@@H]2O[C@H](COP(=O)([O-])[O-])[C@@H](O)[C@H]2O)c1. The molecule has 3 fully saturated rings. The van der Waals surface area contributed by atoms with Gasteiger partial charge in [0.2, 0.25) is 0 Å². The van der Waals surface area contributed by atoms with Crippen molar-refractivity contribution in [2.75, 3.05) is 19.7 Å². The second-order valence-corrected chi connectivity index (χ2v) is 9.99. The molecular weight excluding hydrogens is 533 g/mol. The lowest BCUT2D eigenvalue weighted by molar-refractivity contribution is -0.765. The number of nitrogens with zero attached hydrogens (tertiary/aromatic N) is 1. The summed E-state index contributed by atoms with van der Waals surface area (Å²) < 4.78 is 20.8. The Morgan fingerprint density at radius 3 is 2.00 bits per heavy atom. The number of ether oxygens (including phenoxy) is 1. The first-order valence-corrected chi connectivity index (χ1v) is 13.3. The summed E-state index contributed by atoms with van der Waals surface area (Å²) in [7, 11) is -5.24. The van der Waals surface area contributed by atoms with E-state index < -0.39 is 56.9 Å². The monoisotopic (exact) mass is 565 g/mol. The highest BCUT2D eigenvalue weighted by Gasteiger charge is 2.48. The third kappa shape index (κ3) is 9.98. The largest absolute Gasteiger partial charge is 0.790 e. The van der Waals surface area contributed by atoms with E-state index in [1.165, 1.54) is 22.9 Å². The number of aliphatic hydroxyl groups excluding tert-OH is 2. The van der Waals surface area contributed by atoms with Crippen molar-refractivity contribution < 1.29 is 78.7 Å². The molecule has 6 atom stereocenters. The molecule has 1 aromatic heterocycles. The van der Waals surface area contributed by atoms with Gasteiger partial charge in [-0.2, -0.15) is 4.57 Å². The first-order valence-electron chi connectivity index (χ1n) is 11.8. The topological polar surface area (TPSA) is 274 Å². The summed E-state index contributed by atoms with van der Waals surface area (Å²) in [6.07, 6.45) is 0.839. The number of carboxylic acid groups (broad SMARTS) is 3. The maximum Gasteiger partial charge on any atom is 0.362 e. The van der Waals surface area contributed by atoms with Gasteiger partial charge in [0.15, 0.2) is 30.6 Å². The Hall–Kier alpha value is -2.53. The fraction of sp³-hybridized carbons (Fsp3) is 0.619. The van der Waals surface area contributed by atoms with Gasteiger partial charge < -0.3 is 64.6 Å². The normalized spacial score (nSPS) is 28.5. The molecule has 0 bridgehead atoms. The molecule has 16 nitrogen and oxygen atoms in total. The second kappa shape index (κ2) is 14.6. The number of phosphoric acid groups is 1. The summed E-state index contributed by atoms with van der Waals surface area (Å²) in [6.45, 7) is 1.20. The van der Waals surface area contributed by atoms with Crippen molar-refractivity contribution in [3.8, 4) is 0 Å². The van der Waals surface area contributed by atoms with Crippen molar-refractivity contribution in [2.45, 2.75) is 62.3 Å². The van der Waals surface area contributed by atoms with E-state index in [0.29, 0.717) is 0 Å². The summed E-state index contributed by atoms with van der Waals surface area (Å²) in [5.74, 6) is -2.77. The highest BCUT2D eigenvalue weighted by Crippen LogP contribution is 2.30. The van der Waals surface area contributed by atoms with Crippen LogP contribution in [0, 0.1) is 0 Å². The number of carbonyl (C=O) groups excluding carboxylic acids is 1. The standard InChI is InChI=1S/C11H14NO9P.2C5H9NO2/c13-8-7(5-20-22(17,18)19)21-10(9(8)14)12-3-1-2-6(4-12)11(15)16;2*7-5(8)4-2-1-3-6-4/h1-4,7-10,13-14H,5H2,(H2-,15,16,17,18,19);2*4,6H,1-3H2,(H,7,8)/t7-,8-,9-,10-;2*4-/m100/s1. The lowest BCUT2D eigenvalue weighted by Crippen LogP contribution is -2.88. The summed E-state index contributed by atoms with van der Waals surface area (Å²) >= 11 is 0. The van der Waals surface area contributed by atoms with Gasteiger partial charge in [-0.25, -0.2) is 9.59 Å². The molecule has 0 spiro atoms. The van der Waals surface area contributed by atoms with Gasteiger partial charge >= 0.3 is 11.9 Å². The van der Waals surface area contributed by atoms with Crippen LogP contribution < -0.4 is 30.1 Å². The van der Waals surface area contributed by atoms with Crippen LogP contribution in [0.5, 0.6) is 0 Å². The highest BCUT2D eigenvalue weighted by atomic mass is 31.2. The van der Waals surface area contributed by atoms with Crippen LogP contribution in [0.1, 0.15) is 42.3 Å². The Morgan fingerprint density at radius 1 is 1.05 bits per heavy atom. The molecule has 8 N–H and O–H groups in total. The number of hydrogen-bond acceptors (Lipinski definition) is 11. The van der Waals surface area contributed by atoms with Crippen molar-refractivity contribution in [3.05, 3.63) is 30.1 Å². The number of aromatic nitrogens is 1. The Labute approximate surface area is 217 Å². The number of carbonyl (C=O) groups is 3. The van der Waals surface area contributed by atoms with E-state index in [9.17, 15) is 44.1 Å². The lowest BCUT2D eigenvalue weighted by Gasteiger charge is -2.30. The minimum Gasteiger partial charge on any atom is -0.790 e. The van der Waals surface area contributed by atoms with Crippen LogP contribution in [0.4, 0.5) is 0 Å². The molecule has 214 valence electrons. The third-order valence-corrected chi connectivity index (χ3v) is 6.53. The molecule has 38 heavy (non-hydrogen) atoms. The van der Waals surface area contributed by atoms with E-state index in [0.717, 1.165) is 45.0 Å². The van der Waals surface area contributed by atoms with Crippen molar-refractivity contribution >= 4 is 25.7 Å². The zero-order valence-electron chi connectivity index (χ0n) is 20.2. The average Bonchev–Trinajstić information content (AvgIpc) is 3.62. The molecule has 0 saturated carbocycles. The Morgan fingerprint density at radius 2 is 1.61 bits per heavy atom. The Bertz CT molecular complexity index is 968. The maximum absolute atomic E-state index is 10.8. The van der Waals surface area contributed by atoms with E-state index >= 15 is 0 Å². The Balaban J connectivity index is 0.000000256. The number of rotatable bonds is 7. The molecule has 0 amide bonds. The number of quaternary nitrogens is 2. The average molecular weight is 565 g/mol. The molecule has 0 radical (unpaired) electrons. The first-order chi connectivity index (χ1) is 17.8. The summed E-state index contributed by atoms with van der Waals surface area (Å²) in [5, 5.41) is 51.0. The number of aromatic carboxylic acids is 1. The fourth-order valence-corrected chi connectivity index (χ4v) is 4.38. The van der Waals surface area contributed by atoms with Crippen molar-refractivity contribution in [1.82, 2.24) is 0 Å². The van der Waals surface area contributed by atoms with E-state index in [1.807, 2.05) is 10.6 Å². The molecule has 3 saturated heterocycles. The smallest absolute Gasteiger partial charge is 0.362 e. The molecule has 3 aliphatic rings. The van der Waals surface area contributed by atoms with Gasteiger partial charge in [0, 0.05) is 31.7 Å². The van der Waals surface area contributed by atoms with E-state index in [2.05, 4.69) is 4.52 Å². The molecule has 4 rings (SSSR count). The van der Waals surface area contributed by atoms with Crippen molar-refractivity contribution in [1.29, 1.82) is 0 Å². The van der Waals surface area contributed by atoms with Gasteiger partial charge in [0.1, 0.15) is 12.2 Å². The quantitative estimate of drug-likeness (QED) is 0.133. The van der Waals surface area contributed by atoms with Crippen LogP contribution >= 0.6 is 7.82 Å². The zero-order valence-corrected chi connectivity index (χ0v) is 21.1. The van der Waals surface area contributed by atoms with E-state index in [4.69, 9.17) is 14.9 Å². The van der Waals surface area contributed by atoms with Crippen LogP contribution in [-0.2, 0) is 23.4 Å². The predicted octanol–water partition coefficient (Wildman–Crippen LogP) is -6.60. The molecule has 1 aromatic rings. The molecule has 4 heterocycles. The Kier molecular flexibility index (Phi) is 12.2. The molecule has 0 aromatic carbocycles. The number of pyridine rings is 1. The van der Waals surface area contributed by atoms with Crippen molar-refractivity contribution in [3.63, 3.8) is 0 Å². The van der Waals surface area contributed by atoms with Gasteiger partial charge in [0.05, 0.1) is 39.1 Å². The van der Waals surface area contributed by atoms with Crippen LogP contribution in [-0.4, -0.2) is 88.4 Å². The number of aliphatic carboxylic acids is 2. The molecule has 0 aliphatic carbocycles. The molecule has 3 aliphatic heterocycles. The van der Waals surface area contributed by atoms with E-state index in [-0.39, 0.29) is 17.6 Å². The van der Waals surface area contributed by atoms with Crippen LogP contribution in [0.2, 0.25) is 0 Å². The van der Waals surface area contributed by atoms with Gasteiger partial charge in [-0.3, -0.25) is 0 Å². The summed E-state index contributed by atoms with van der Waals surface area (Å²) in [6, 6.07) is 2.33. The lowest BCUT2D eigenvalue weighted by atomic mass is 10.1. The van der Waals surface area contributed by atoms with Gasteiger partial charge in [-0.15, -0.1) is 0 Å². The highest BCUT2D eigenvalue weighted by molar-refractivity contribution is 7.43. The van der Waals surface area contributed by atoms with Crippen LogP contribution in [0.25, 0.3) is 0 Å². The number of aliphatic hydroxyl groups is 2. The second-order valence-electron chi connectivity index (χ2n) is 8.84. The van der Waals surface area contributed by atoms with Crippen molar-refractivity contribution in [2.24, 2.45) is 0 Å². The zero-order chi connectivity index (χ0) is 28.5. The third-order valence-electron chi connectivity index (χ3n) is 6.06. The minimum atomic E-state index is -5.24. The predicted molar refractivity (Wildman–Crippen MR) is 115 cm³/mol. The fourth-order valence-electron chi connectivity index (χ4n) is 4.05. The van der Waals surface area contributed by atoms with E-state index in [1.54, 1.807) is 0 Å². The number of phosphoric ester groups is 1. The van der Waals surface area contributed by atoms with Gasteiger partial charge in [-0.1, -0.05) is 0 Å². The van der Waals surface area contributed by atoms with Gasteiger partial charge in [0.25, 0.3) is 6.23 Å². The summed E-state index contributed by atoms with van der Waals surface area (Å²) in [5.41, 5.74) is -0.184. The first kappa shape index (κ1) is 31.7. The number of carboxylic acids is 3. The molecule has 17 heteroatoms. The van der Waals surface area contributed by atoms with Crippen LogP contribution in [0.3, 0.4) is 0 Å². The summed E-state index contributed by atoms with van der Waals surface area (Å²) in [4.78, 5) is 52.0. The van der Waals surface area contributed by atoms with Gasteiger partial charge in [-0.05, 0) is 6.07 Å². The van der Waals surface area contributed by atoms with Crippen LogP contribution in [0.15, 0.2) is 24.5 Å².